The number of hydrazine groups is 1. The molecule has 4 bridgehead atoms. The van der Waals surface area contributed by atoms with E-state index in [0.717, 1.165) is 23.3 Å². The molecule has 0 heterocycles. The molecule has 1 aromatic carbocycles. The van der Waals surface area contributed by atoms with Gasteiger partial charge in [0.05, 0.1) is 12.8 Å². The van der Waals surface area contributed by atoms with Crippen LogP contribution in [0.5, 0.6) is 5.75 Å². The SMILES string of the molecule is COc1ccccc1NC(=S)NNC1=C2C[C@@H]3CC1C[C@H](C2)C3. The van der Waals surface area contributed by atoms with E-state index in [1.807, 2.05) is 24.3 Å². The van der Waals surface area contributed by atoms with Crippen LogP contribution in [0, 0.1) is 17.8 Å². The first-order valence-electron chi connectivity index (χ1n) is 8.41. The highest BCUT2D eigenvalue weighted by Gasteiger charge is 2.41. The van der Waals surface area contributed by atoms with Crippen LogP contribution in [0.2, 0.25) is 0 Å². The molecule has 4 nitrogen and oxygen atoms in total. The summed E-state index contributed by atoms with van der Waals surface area (Å²) in [5, 5.41) is 3.76. The fourth-order valence-corrected chi connectivity index (χ4v) is 4.80. The number of thiocarbonyl (C=S) groups is 1. The van der Waals surface area contributed by atoms with Crippen molar-refractivity contribution in [1.29, 1.82) is 0 Å². The summed E-state index contributed by atoms with van der Waals surface area (Å²) in [6.45, 7) is 0. The molecule has 0 aliphatic heterocycles. The van der Waals surface area contributed by atoms with Gasteiger partial charge in [-0.2, -0.15) is 0 Å². The van der Waals surface area contributed by atoms with Crippen molar-refractivity contribution in [2.45, 2.75) is 32.1 Å². The van der Waals surface area contributed by atoms with Gasteiger partial charge in [-0.3, -0.25) is 5.43 Å². The highest BCUT2D eigenvalue weighted by atomic mass is 32.1. The second-order valence-electron chi connectivity index (χ2n) is 6.97. The van der Waals surface area contributed by atoms with E-state index in [1.54, 1.807) is 12.7 Å². The van der Waals surface area contributed by atoms with Gasteiger partial charge in [0.1, 0.15) is 5.75 Å². The Bertz CT molecular complexity index is 641. The van der Waals surface area contributed by atoms with E-state index in [9.17, 15) is 0 Å². The molecule has 1 unspecified atom stereocenters. The lowest BCUT2D eigenvalue weighted by Gasteiger charge is -2.47. The van der Waals surface area contributed by atoms with E-state index in [-0.39, 0.29) is 0 Å². The summed E-state index contributed by atoms with van der Waals surface area (Å²) in [7, 11) is 1.66. The van der Waals surface area contributed by atoms with E-state index in [2.05, 4.69) is 16.2 Å². The quantitative estimate of drug-likeness (QED) is 0.582. The van der Waals surface area contributed by atoms with Crippen molar-refractivity contribution in [2.24, 2.45) is 17.8 Å². The molecule has 0 amide bonds. The zero-order valence-electron chi connectivity index (χ0n) is 13.4. The van der Waals surface area contributed by atoms with Crippen molar-refractivity contribution in [3.05, 3.63) is 35.5 Å². The van der Waals surface area contributed by atoms with Crippen LogP contribution in [0.15, 0.2) is 35.5 Å². The van der Waals surface area contributed by atoms with Gasteiger partial charge in [0.15, 0.2) is 5.11 Å². The third kappa shape index (κ3) is 2.90. The van der Waals surface area contributed by atoms with Gasteiger partial charge in [0.25, 0.3) is 0 Å². The van der Waals surface area contributed by atoms with Crippen molar-refractivity contribution in [3.63, 3.8) is 0 Å². The van der Waals surface area contributed by atoms with E-state index >= 15 is 0 Å². The van der Waals surface area contributed by atoms with Crippen molar-refractivity contribution in [3.8, 4) is 5.75 Å². The number of nitrogens with one attached hydrogen (secondary N) is 3. The Hall–Kier alpha value is -1.75. The van der Waals surface area contributed by atoms with Crippen LogP contribution in [0.25, 0.3) is 0 Å². The molecule has 2 saturated carbocycles. The third-order valence-corrected chi connectivity index (χ3v) is 5.63. The number of anilines is 1. The van der Waals surface area contributed by atoms with Crippen LogP contribution in [0.1, 0.15) is 32.1 Å². The monoisotopic (exact) mass is 329 g/mol. The standard InChI is InChI=1S/C18H23N3OS/c1-22-16-5-3-2-4-15(16)19-18(23)21-20-17-13-7-11-6-12(9-13)10-14(17)8-11/h2-5,11-13,20H,6-10H2,1H3,(H2,19,21,23)/t11-,12+,13?. The fourth-order valence-electron chi connectivity index (χ4n) is 4.64. The summed E-state index contributed by atoms with van der Waals surface area (Å²) in [5.41, 5.74) is 10.5. The normalized spacial score (nSPS) is 27.8. The maximum atomic E-state index is 5.41. The Morgan fingerprint density at radius 1 is 1.13 bits per heavy atom. The molecule has 4 aliphatic rings. The Labute approximate surface area is 142 Å². The van der Waals surface area contributed by atoms with Crippen molar-refractivity contribution < 1.29 is 4.74 Å². The predicted octanol–water partition coefficient (Wildman–Crippen LogP) is 3.58. The molecule has 2 fully saturated rings. The number of rotatable bonds is 4. The minimum absolute atomic E-state index is 0.566. The van der Waals surface area contributed by atoms with Crippen molar-refractivity contribution in [2.75, 3.05) is 12.4 Å². The average Bonchev–Trinajstić information content (AvgIpc) is 2.54. The minimum atomic E-state index is 0.566. The summed E-state index contributed by atoms with van der Waals surface area (Å²) in [4.78, 5) is 0. The first-order valence-corrected chi connectivity index (χ1v) is 8.81. The van der Waals surface area contributed by atoms with Gasteiger partial charge in [-0.05, 0) is 73.9 Å². The second kappa shape index (κ2) is 6.04. The summed E-state index contributed by atoms with van der Waals surface area (Å²) in [5.74, 6) is 3.37. The Morgan fingerprint density at radius 2 is 1.87 bits per heavy atom. The van der Waals surface area contributed by atoms with Gasteiger partial charge in [0, 0.05) is 11.6 Å². The zero-order chi connectivity index (χ0) is 15.8. The lowest BCUT2D eigenvalue weighted by Crippen LogP contribution is -2.46. The molecular formula is C18H23N3OS. The van der Waals surface area contributed by atoms with Crippen LogP contribution in [0.3, 0.4) is 0 Å². The summed E-state index contributed by atoms with van der Waals surface area (Å²) < 4.78 is 5.34. The molecule has 5 rings (SSSR count). The molecule has 0 aromatic heterocycles. The number of benzene rings is 1. The lowest BCUT2D eigenvalue weighted by molar-refractivity contribution is 0.149. The molecule has 3 atom stereocenters. The number of hydrogen-bond acceptors (Lipinski definition) is 3. The Balaban J connectivity index is 1.39. The van der Waals surface area contributed by atoms with Gasteiger partial charge >= 0.3 is 0 Å². The van der Waals surface area contributed by atoms with Crippen LogP contribution in [-0.4, -0.2) is 12.2 Å². The number of para-hydroxylation sites is 2. The van der Waals surface area contributed by atoms with E-state index in [1.165, 1.54) is 37.8 Å². The average molecular weight is 329 g/mol. The fraction of sp³-hybridized carbons (Fsp3) is 0.500. The first kappa shape index (κ1) is 14.8. The van der Waals surface area contributed by atoms with Crippen LogP contribution in [0.4, 0.5) is 5.69 Å². The molecule has 4 aliphatic carbocycles. The van der Waals surface area contributed by atoms with Gasteiger partial charge in [0.2, 0.25) is 0 Å². The van der Waals surface area contributed by atoms with Gasteiger partial charge < -0.3 is 15.5 Å². The molecule has 3 N–H and O–H groups in total. The van der Waals surface area contributed by atoms with Gasteiger partial charge in [-0.25, -0.2) is 0 Å². The van der Waals surface area contributed by atoms with E-state index < -0.39 is 0 Å². The third-order valence-electron chi connectivity index (χ3n) is 5.43. The van der Waals surface area contributed by atoms with Crippen LogP contribution >= 0.6 is 12.2 Å². The molecule has 1 aromatic rings. The minimum Gasteiger partial charge on any atom is -0.495 e. The Kier molecular flexibility index (Phi) is 3.89. The summed E-state index contributed by atoms with van der Waals surface area (Å²) in [6, 6.07) is 7.78. The molecule has 23 heavy (non-hydrogen) atoms. The van der Waals surface area contributed by atoms with Crippen LogP contribution in [-0.2, 0) is 0 Å². The van der Waals surface area contributed by atoms with E-state index in [0.29, 0.717) is 11.0 Å². The van der Waals surface area contributed by atoms with Crippen molar-refractivity contribution >= 4 is 23.0 Å². The van der Waals surface area contributed by atoms with Crippen LogP contribution < -0.4 is 20.9 Å². The Morgan fingerprint density at radius 3 is 2.57 bits per heavy atom. The van der Waals surface area contributed by atoms with Gasteiger partial charge in [-0.15, -0.1) is 0 Å². The molecular weight excluding hydrogens is 306 g/mol. The van der Waals surface area contributed by atoms with E-state index in [4.69, 9.17) is 17.0 Å². The highest BCUT2D eigenvalue weighted by molar-refractivity contribution is 7.80. The predicted molar refractivity (Wildman–Crippen MR) is 96.1 cm³/mol. The highest BCUT2D eigenvalue weighted by Crippen LogP contribution is 2.52. The summed E-state index contributed by atoms with van der Waals surface area (Å²) in [6.07, 6.45) is 6.70. The van der Waals surface area contributed by atoms with Crippen molar-refractivity contribution in [1.82, 2.24) is 10.9 Å². The second-order valence-corrected chi connectivity index (χ2v) is 7.37. The molecule has 0 spiro atoms. The molecule has 0 radical (unpaired) electrons. The molecule has 0 saturated heterocycles. The number of methoxy groups -OCH3 is 1. The van der Waals surface area contributed by atoms with Gasteiger partial charge in [-0.1, -0.05) is 12.1 Å². The number of hydrogen-bond donors (Lipinski definition) is 3. The molecule has 122 valence electrons. The number of allylic oxidation sites excluding steroid dienone is 2. The smallest absolute Gasteiger partial charge is 0.189 e. The number of ether oxygens (including phenoxy) is 1. The largest absolute Gasteiger partial charge is 0.495 e. The first-order chi connectivity index (χ1) is 11.2. The topological polar surface area (TPSA) is 45.3 Å². The molecule has 5 heteroatoms. The zero-order valence-corrected chi connectivity index (χ0v) is 14.2. The summed E-state index contributed by atoms with van der Waals surface area (Å²) >= 11 is 5.41. The maximum absolute atomic E-state index is 5.41. The lowest BCUT2D eigenvalue weighted by atomic mass is 9.60. The maximum Gasteiger partial charge on any atom is 0.189 e.